The molecular formula is C18H19NO. The van der Waals surface area contributed by atoms with E-state index in [9.17, 15) is 4.79 Å². The van der Waals surface area contributed by atoms with Crippen molar-refractivity contribution in [3.8, 4) is 0 Å². The zero-order chi connectivity index (χ0) is 14.1. The van der Waals surface area contributed by atoms with Crippen molar-refractivity contribution in [2.24, 2.45) is 0 Å². The molecular weight excluding hydrogens is 246 g/mol. The Kier molecular flexibility index (Phi) is 3.31. The average Bonchev–Trinajstić information content (AvgIpc) is 2.83. The van der Waals surface area contributed by atoms with E-state index < -0.39 is 0 Å². The number of hydrogen-bond donors (Lipinski definition) is 0. The standard InChI is InChI=1S/C18H19NO/c1-13-3-7-15(8-4-13)17-11-12-19(18(17)20)16-9-5-14(2)6-10-16/h3-10,17H,11-12H2,1-2H3. The van der Waals surface area contributed by atoms with Gasteiger partial charge in [0.25, 0.3) is 0 Å². The number of carbonyl (C=O) groups is 1. The van der Waals surface area contributed by atoms with E-state index in [1.807, 2.05) is 17.0 Å². The molecule has 0 aliphatic carbocycles. The molecule has 3 rings (SSSR count). The molecule has 2 heteroatoms. The fraction of sp³-hybridized carbons (Fsp3) is 0.278. The van der Waals surface area contributed by atoms with Gasteiger partial charge in [-0.3, -0.25) is 4.79 Å². The molecule has 102 valence electrons. The van der Waals surface area contributed by atoms with Gasteiger partial charge in [-0.05, 0) is 38.0 Å². The van der Waals surface area contributed by atoms with Crippen LogP contribution in [0.5, 0.6) is 0 Å². The summed E-state index contributed by atoms with van der Waals surface area (Å²) in [4.78, 5) is 14.5. The molecule has 1 aliphatic heterocycles. The third-order valence-corrected chi connectivity index (χ3v) is 4.03. The van der Waals surface area contributed by atoms with Crippen LogP contribution in [-0.2, 0) is 4.79 Å². The SMILES string of the molecule is Cc1ccc(C2CCN(c3ccc(C)cc3)C2=O)cc1. The highest BCUT2D eigenvalue weighted by atomic mass is 16.2. The molecule has 0 N–H and O–H groups in total. The van der Waals surface area contributed by atoms with Gasteiger partial charge in [0.15, 0.2) is 0 Å². The summed E-state index contributed by atoms with van der Waals surface area (Å²) in [5.41, 5.74) is 4.59. The lowest BCUT2D eigenvalue weighted by Gasteiger charge is -2.17. The molecule has 2 aromatic rings. The number of nitrogens with zero attached hydrogens (tertiary/aromatic N) is 1. The normalized spacial score (nSPS) is 18.6. The molecule has 1 aliphatic rings. The largest absolute Gasteiger partial charge is 0.312 e. The number of amides is 1. The van der Waals surface area contributed by atoms with Gasteiger partial charge in [-0.25, -0.2) is 0 Å². The number of hydrogen-bond acceptors (Lipinski definition) is 1. The minimum atomic E-state index is 0.0110. The minimum absolute atomic E-state index is 0.0110. The first kappa shape index (κ1) is 12.9. The number of rotatable bonds is 2. The Morgan fingerprint density at radius 3 is 2.05 bits per heavy atom. The molecule has 1 heterocycles. The molecule has 0 radical (unpaired) electrons. The van der Waals surface area contributed by atoms with Crippen molar-refractivity contribution in [3.63, 3.8) is 0 Å². The molecule has 0 aromatic heterocycles. The summed E-state index contributed by atoms with van der Waals surface area (Å²) < 4.78 is 0. The van der Waals surface area contributed by atoms with E-state index in [2.05, 4.69) is 50.2 Å². The number of benzene rings is 2. The van der Waals surface area contributed by atoms with Gasteiger partial charge in [0, 0.05) is 12.2 Å². The number of carbonyl (C=O) groups excluding carboxylic acids is 1. The lowest BCUT2D eigenvalue weighted by atomic mass is 9.97. The monoisotopic (exact) mass is 265 g/mol. The molecule has 0 bridgehead atoms. The first-order valence-corrected chi connectivity index (χ1v) is 7.10. The molecule has 1 amide bonds. The highest BCUT2D eigenvalue weighted by Crippen LogP contribution is 2.32. The Morgan fingerprint density at radius 2 is 1.45 bits per heavy atom. The Morgan fingerprint density at radius 1 is 0.900 bits per heavy atom. The van der Waals surface area contributed by atoms with Gasteiger partial charge in [0.1, 0.15) is 0 Å². The van der Waals surface area contributed by atoms with Gasteiger partial charge in [-0.2, -0.15) is 0 Å². The number of aryl methyl sites for hydroxylation is 2. The van der Waals surface area contributed by atoms with E-state index in [4.69, 9.17) is 0 Å². The van der Waals surface area contributed by atoms with Gasteiger partial charge in [0.05, 0.1) is 5.92 Å². The third-order valence-electron chi connectivity index (χ3n) is 4.03. The maximum atomic E-state index is 12.6. The maximum absolute atomic E-state index is 12.6. The molecule has 0 saturated carbocycles. The van der Waals surface area contributed by atoms with Gasteiger partial charge < -0.3 is 4.90 Å². The second-order valence-corrected chi connectivity index (χ2v) is 5.58. The molecule has 20 heavy (non-hydrogen) atoms. The second-order valence-electron chi connectivity index (χ2n) is 5.58. The topological polar surface area (TPSA) is 20.3 Å². The van der Waals surface area contributed by atoms with Crippen molar-refractivity contribution < 1.29 is 4.79 Å². The van der Waals surface area contributed by atoms with E-state index in [1.165, 1.54) is 11.1 Å². The lowest BCUT2D eigenvalue weighted by molar-refractivity contribution is -0.118. The van der Waals surface area contributed by atoms with E-state index in [-0.39, 0.29) is 11.8 Å². The summed E-state index contributed by atoms with van der Waals surface area (Å²) in [7, 11) is 0. The molecule has 1 fully saturated rings. The van der Waals surface area contributed by atoms with Crippen LogP contribution in [0.1, 0.15) is 29.0 Å². The van der Waals surface area contributed by atoms with Gasteiger partial charge in [-0.1, -0.05) is 47.5 Å². The predicted octanol–water partition coefficient (Wildman–Crippen LogP) is 3.82. The summed E-state index contributed by atoms with van der Waals surface area (Å²) in [5, 5.41) is 0. The van der Waals surface area contributed by atoms with Crippen molar-refractivity contribution in [2.75, 3.05) is 11.4 Å². The van der Waals surface area contributed by atoms with Crippen molar-refractivity contribution in [3.05, 3.63) is 65.2 Å². The average molecular weight is 265 g/mol. The second kappa shape index (κ2) is 5.12. The van der Waals surface area contributed by atoms with Crippen LogP contribution in [0.3, 0.4) is 0 Å². The maximum Gasteiger partial charge on any atom is 0.234 e. The fourth-order valence-corrected chi connectivity index (χ4v) is 2.77. The van der Waals surface area contributed by atoms with Crippen LogP contribution in [0.25, 0.3) is 0 Å². The van der Waals surface area contributed by atoms with Crippen LogP contribution < -0.4 is 4.90 Å². The first-order valence-electron chi connectivity index (χ1n) is 7.10. The quantitative estimate of drug-likeness (QED) is 0.808. The smallest absolute Gasteiger partial charge is 0.234 e. The van der Waals surface area contributed by atoms with Crippen LogP contribution in [-0.4, -0.2) is 12.5 Å². The minimum Gasteiger partial charge on any atom is -0.312 e. The predicted molar refractivity (Wildman–Crippen MR) is 82.1 cm³/mol. The van der Waals surface area contributed by atoms with E-state index in [0.29, 0.717) is 0 Å². The summed E-state index contributed by atoms with van der Waals surface area (Å²) >= 11 is 0. The number of anilines is 1. The van der Waals surface area contributed by atoms with Gasteiger partial charge in [0.2, 0.25) is 5.91 Å². The molecule has 1 unspecified atom stereocenters. The summed E-state index contributed by atoms with van der Waals surface area (Å²) in [6, 6.07) is 16.5. The summed E-state index contributed by atoms with van der Waals surface area (Å²) in [6.07, 6.45) is 0.899. The van der Waals surface area contributed by atoms with Crippen molar-refractivity contribution in [1.82, 2.24) is 0 Å². The molecule has 2 nitrogen and oxygen atoms in total. The van der Waals surface area contributed by atoms with Crippen LogP contribution in [0, 0.1) is 13.8 Å². The van der Waals surface area contributed by atoms with Crippen LogP contribution in [0.4, 0.5) is 5.69 Å². The van der Waals surface area contributed by atoms with Crippen LogP contribution >= 0.6 is 0 Å². The Balaban J connectivity index is 1.83. The highest BCUT2D eigenvalue weighted by molar-refractivity contribution is 6.00. The summed E-state index contributed by atoms with van der Waals surface area (Å²) in [6.45, 7) is 4.93. The Labute approximate surface area is 120 Å². The van der Waals surface area contributed by atoms with Crippen molar-refractivity contribution in [1.29, 1.82) is 0 Å². The van der Waals surface area contributed by atoms with E-state index in [1.54, 1.807) is 0 Å². The lowest BCUT2D eigenvalue weighted by Crippen LogP contribution is -2.26. The van der Waals surface area contributed by atoms with Crippen LogP contribution in [0.15, 0.2) is 48.5 Å². The molecule has 1 atom stereocenters. The Hall–Kier alpha value is -2.09. The van der Waals surface area contributed by atoms with E-state index in [0.717, 1.165) is 24.2 Å². The third kappa shape index (κ3) is 2.34. The van der Waals surface area contributed by atoms with Gasteiger partial charge >= 0.3 is 0 Å². The van der Waals surface area contributed by atoms with Gasteiger partial charge in [-0.15, -0.1) is 0 Å². The summed E-state index contributed by atoms with van der Waals surface area (Å²) in [5.74, 6) is 0.231. The highest BCUT2D eigenvalue weighted by Gasteiger charge is 2.33. The zero-order valence-corrected chi connectivity index (χ0v) is 12.0. The van der Waals surface area contributed by atoms with E-state index >= 15 is 0 Å². The Bertz CT molecular complexity index is 557. The molecule has 1 saturated heterocycles. The van der Waals surface area contributed by atoms with Crippen LogP contribution in [0.2, 0.25) is 0 Å². The molecule has 2 aromatic carbocycles. The van der Waals surface area contributed by atoms with Crippen molar-refractivity contribution in [2.45, 2.75) is 26.2 Å². The van der Waals surface area contributed by atoms with Crippen molar-refractivity contribution >= 4 is 11.6 Å². The zero-order valence-electron chi connectivity index (χ0n) is 12.0. The molecule has 0 spiro atoms. The first-order chi connectivity index (χ1) is 9.65. The fourth-order valence-electron chi connectivity index (χ4n) is 2.77.